The normalized spacial score (nSPS) is 24.5. The standard InChI is InChI=1S/C18H24N2O2/c21-18(12-14-4-5-17-15(11-14)6-10-22-17)20-9-8-19-7-2-1-3-16(19)13-20/h4-5,11,16H,1-3,6-10,12-13H2. The van der Waals surface area contributed by atoms with Gasteiger partial charge in [-0.1, -0.05) is 18.6 Å². The Morgan fingerprint density at radius 3 is 3.14 bits per heavy atom. The summed E-state index contributed by atoms with van der Waals surface area (Å²) in [6.45, 7) is 4.86. The summed E-state index contributed by atoms with van der Waals surface area (Å²) in [6.07, 6.45) is 5.38. The van der Waals surface area contributed by atoms with Gasteiger partial charge >= 0.3 is 0 Å². The lowest BCUT2D eigenvalue weighted by molar-refractivity contribution is -0.134. The molecule has 3 aliphatic heterocycles. The van der Waals surface area contributed by atoms with Crippen LogP contribution in [0.5, 0.6) is 5.75 Å². The largest absolute Gasteiger partial charge is 0.493 e. The number of piperidine rings is 1. The average Bonchev–Trinajstić information content (AvgIpc) is 3.02. The molecule has 0 saturated carbocycles. The van der Waals surface area contributed by atoms with Crippen LogP contribution in [0, 0.1) is 0 Å². The molecule has 0 N–H and O–H groups in total. The van der Waals surface area contributed by atoms with Crippen molar-refractivity contribution in [1.29, 1.82) is 0 Å². The van der Waals surface area contributed by atoms with E-state index in [9.17, 15) is 4.79 Å². The lowest BCUT2D eigenvalue weighted by Gasteiger charge is -2.44. The third-order valence-corrected chi connectivity index (χ3v) is 5.30. The van der Waals surface area contributed by atoms with E-state index in [-0.39, 0.29) is 5.91 Å². The molecule has 1 aromatic carbocycles. The second-order valence-corrected chi connectivity index (χ2v) is 6.74. The first-order valence-electron chi connectivity index (χ1n) is 8.56. The number of nitrogens with zero attached hydrogens (tertiary/aromatic N) is 2. The average molecular weight is 300 g/mol. The van der Waals surface area contributed by atoms with Gasteiger partial charge in [-0.3, -0.25) is 9.69 Å². The van der Waals surface area contributed by atoms with E-state index in [2.05, 4.69) is 15.9 Å². The van der Waals surface area contributed by atoms with E-state index in [0.717, 1.165) is 44.0 Å². The van der Waals surface area contributed by atoms with Crippen LogP contribution in [-0.2, 0) is 17.6 Å². The number of carbonyl (C=O) groups excluding carboxylic acids is 1. The van der Waals surface area contributed by atoms with Crippen molar-refractivity contribution in [2.45, 2.75) is 38.1 Å². The highest BCUT2D eigenvalue weighted by Crippen LogP contribution is 2.26. The summed E-state index contributed by atoms with van der Waals surface area (Å²) in [6, 6.07) is 6.81. The molecule has 3 aliphatic rings. The van der Waals surface area contributed by atoms with Crippen molar-refractivity contribution in [2.24, 2.45) is 0 Å². The second kappa shape index (κ2) is 5.92. The minimum atomic E-state index is 0.282. The van der Waals surface area contributed by atoms with Gasteiger partial charge in [0, 0.05) is 32.1 Å². The molecule has 2 saturated heterocycles. The summed E-state index contributed by atoms with van der Waals surface area (Å²) in [5, 5.41) is 0. The smallest absolute Gasteiger partial charge is 0.227 e. The van der Waals surface area contributed by atoms with Gasteiger partial charge in [0.1, 0.15) is 5.75 Å². The van der Waals surface area contributed by atoms with Crippen LogP contribution >= 0.6 is 0 Å². The molecular weight excluding hydrogens is 276 g/mol. The Hall–Kier alpha value is -1.55. The number of hydrogen-bond donors (Lipinski definition) is 0. The predicted octanol–water partition coefficient (Wildman–Crippen LogP) is 1.86. The van der Waals surface area contributed by atoms with Crippen molar-refractivity contribution < 1.29 is 9.53 Å². The van der Waals surface area contributed by atoms with Gasteiger partial charge in [0.05, 0.1) is 13.0 Å². The zero-order chi connectivity index (χ0) is 14.9. The van der Waals surface area contributed by atoms with Crippen LogP contribution in [0.3, 0.4) is 0 Å². The van der Waals surface area contributed by atoms with Gasteiger partial charge in [-0.2, -0.15) is 0 Å². The Kier molecular flexibility index (Phi) is 3.78. The van der Waals surface area contributed by atoms with Gasteiger partial charge in [0.15, 0.2) is 0 Å². The molecular formula is C18H24N2O2. The summed E-state index contributed by atoms with van der Waals surface area (Å²) in [5.74, 6) is 1.27. The number of hydrogen-bond acceptors (Lipinski definition) is 3. The molecule has 4 nitrogen and oxygen atoms in total. The first-order chi connectivity index (χ1) is 10.8. The molecule has 0 bridgehead atoms. The van der Waals surface area contributed by atoms with Gasteiger partial charge < -0.3 is 9.64 Å². The fraction of sp³-hybridized carbons (Fsp3) is 0.611. The lowest BCUT2D eigenvalue weighted by Crippen LogP contribution is -2.56. The molecule has 118 valence electrons. The van der Waals surface area contributed by atoms with Crippen molar-refractivity contribution in [3.05, 3.63) is 29.3 Å². The minimum Gasteiger partial charge on any atom is -0.493 e. The van der Waals surface area contributed by atoms with Crippen molar-refractivity contribution in [3.8, 4) is 5.75 Å². The molecule has 22 heavy (non-hydrogen) atoms. The Morgan fingerprint density at radius 2 is 2.18 bits per heavy atom. The zero-order valence-electron chi connectivity index (χ0n) is 13.1. The molecule has 4 rings (SSSR count). The number of benzene rings is 1. The molecule has 1 aromatic rings. The number of ether oxygens (including phenoxy) is 1. The monoisotopic (exact) mass is 300 g/mol. The fourth-order valence-corrected chi connectivity index (χ4v) is 4.02. The Bertz CT molecular complexity index is 572. The molecule has 4 heteroatoms. The predicted molar refractivity (Wildman–Crippen MR) is 85.1 cm³/mol. The highest BCUT2D eigenvalue weighted by molar-refractivity contribution is 5.79. The highest BCUT2D eigenvalue weighted by atomic mass is 16.5. The van der Waals surface area contributed by atoms with Gasteiger partial charge in [-0.15, -0.1) is 0 Å². The topological polar surface area (TPSA) is 32.8 Å². The summed E-state index contributed by atoms with van der Waals surface area (Å²) in [5.41, 5.74) is 2.38. The van der Waals surface area contributed by atoms with Crippen molar-refractivity contribution >= 4 is 5.91 Å². The SMILES string of the molecule is O=C(Cc1ccc2c(c1)CCO2)N1CCN2CCCCC2C1. The van der Waals surface area contributed by atoms with Crippen LogP contribution in [0.25, 0.3) is 0 Å². The molecule has 1 atom stereocenters. The van der Waals surface area contributed by atoms with E-state index in [1.54, 1.807) is 0 Å². The third kappa shape index (κ3) is 2.72. The number of piperazine rings is 1. The van der Waals surface area contributed by atoms with E-state index < -0.39 is 0 Å². The van der Waals surface area contributed by atoms with Crippen LogP contribution in [0.15, 0.2) is 18.2 Å². The molecule has 0 radical (unpaired) electrons. The molecule has 1 unspecified atom stereocenters. The van der Waals surface area contributed by atoms with Crippen LogP contribution in [0.4, 0.5) is 0 Å². The Morgan fingerprint density at radius 1 is 1.23 bits per heavy atom. The summed E-state index contributed by atoms with van der Waals surface area (Å²) >= 11 is 0. The maximum Gasteiger partial charge on any atom is 0.227 e. The van der Waals surface area contributed by atoms with Crippen molar-refractivity contribution in [1.82, 2.24) is 9.80 Å². The maximum absolute atomic E-state index is 12.6. The first-order valence-corrected chi connectivity index (χ1v) is 8.56. The lowest BCUT2D eigenvalue weighted by atomic mass is 9.99. The number of amides is 1. The molecule has 0 aliphatic carbocycles. The van der Waals surface area contributed by atoms with E-state index >= 15 is 0 Å². The van der Waals surface area contributed by atoms with Gasteiger partial charge in [0.25, 0.3) is 0 Å². The molecule has 0 spiro atoms. The Balaban J connectivity index is 1.39. The number of rotatable bonds is 2. The molecule has 1 amide bonds. The van der Waals surface area contributed by atoms with Crippen LogP contribution in [0.1, 0.15) is 30.4 Å². The van der Waals surface area contributed by atoms with Crippen LogP contribution in [0.2, 0.25) is 0 Å². The summed E-state index contributed by atoms with van der Waals surface area (Å²) in [7, 11) is 0. The Labute approximate surface area is 132 Å². The van der Waals surface area contributed by atoms with Crippen LogP contribution in [-0.4, -0.2) is 54.5 Å². The summed E-state index contributed by atoms with van der Waals surface area (Å²) < 4.78 is 5.53. The maximum atomic E-state index is 12.6. The highest BCUT2D eigenvalue weighted by Gasteiger charge is 2.30. The van der Waals surface area contributed by atoms with E-state index in [1.165, 1.54) is 31.4 Å². The molecule has 2 fully saturated rings. The number of carbonyl (C=O) groups is 1. The first kappa shape index (κ1) is 14.1. The van der Waals surface area contributed by atoms with Gasteiger partial charge in [0.2, 0.25) is 5.91 Å². The van der Waals surface area contributed by atoms with Crippen molar-refractivity contribution in [2.75, 3.05) is 32.8 Å². The quantitative estimate of drug-likeness (QED) is 0.836. The van der Waals surface area contributed by atoms with Gasteiger partial charge in [-0.05, 0) is 36.6 Å². The zero-order valence-corrected chi connectivity index (χ0v) is 13.1. The minimum absolute atomic E-state index is 0.282. The summed E-state index contributed by atoms with van der Waals surface area (Å²) in [4.78, 5) is 17.3. The van der Waals surface area contributed by atoms with Gasteiger partial charge in [-0.25, -0.2) is 0 Å². The molecule has 0 aromatic heterocycles. The number of fused-ring (bicyclic) bond motifs is 2. The van der Waals surface area contributed by atoms with E-state index in [0.29, 0.717) is 12.5 Å². The van der Waals surface area contributed by atoms with E-state index in [1.807, 2.05) is 12.1 Å². The second-order valence-electron chi connectivity index (χ2n) is 6.74. The van der Waals surface area contributed by atoms with Crippen LogP contribution < -0.4 is 4.74 Å². The molecule has 3 heterocycles. The van der Waals surface area contributed by atoms with Crippen molar-refractivity contribution in [3.63, 3.8) is 0 Å². The third-order valence-electron chi connectivity index (χ3n) is 5.30. The van der Waals surface area contributed by atoms with E-state index in [4.69, 9.17) is 4.74 Å². The fourth-order valence-electron chi connectivity index (χ4n) is 4.02.